The van der Waals surface area contributed by atoms with Gasteiger partial charge in [0.1, 0.15) is 10.3 Å². The van der Waals surface area contributed by atoms with Crippen molar-refractivity contribution in [3.63, 3.8) is 0 Å². The highest BCUT2D eigenvalue weighted by atomic mass is 35.5. The molecule has 1 N–H and O–H groups in total. The highest BCUT2D eigenvalue weighted by Crippen LogP contribution is 2.16. The zero-order valence-electron chi connectivity index (χ0n) is 10.1. The lowest BCUT2D eigenvalue weighted by atomic mass is 10.2. The van der Waals surface area contributed by atoms with Crippen LogP contribution in [0.2, 0.25) is 10.3 Å². The average Bonchev–Trinajstić information content (AvgIpc) is 2.38. The van der Waals surface area contributed by atoms with E-state index in [1.807, 2.05) is 25.1 Å². The van der Waals surface area contributed by atoms with Crippen LogP contribution in [0.4, 0.5) is 0 Å². The summed E-state index contributed by atoms with van der Waals surface area (Å²) in [7, 11) is 0. The molecule has 6 heteroatoms. The number of rotatable bonds is 3. The van der Waals surface area contributed by atoms with Crippen molar-refractivity contribution < 1.29 is 4.79 Å². The summed E-state index contributed by atoms with van der Waals surface area (Å²) in [5.41, 5.74) is 1.15. The second-order valence-electron chi connectivity index (χ2n) is 3.95. The molecule has 0 fully saturated rings. The Balaban J connectivity index is 2.13. The van der Waals surface area contributed by atoms with Crippen LogP contribution in [0.15, 0.2) is 36.5 Å². The van der Waals surface area contributed by atoms with E-state index in [0.29, 0.717) is 5.56 Å². The molecule has 1 amide bonds. The van der Waals surface area contributed by atoms with Crippen LogP contribution in [-0.4, -0.2) is 15.9 Å². The molecule has 2 aromatic heterocycles. The van der Waals surface area contributed by atoms with Gasteiger partial charge in [-0.1, -0.05) is 29.3 Å². The fourth-order valence-electron chi connectivity index (χ4n) is 1.58. The molecule has 0 spiro atoms. The summed E-state index contributed by atoms with van der Waals surface area (Å²) in [4.78, 5) is 20.0. The van der Waals surface area contributed by atoms with Crippen LogP contribution >= 0.6 is 23.2 Å². The van der Waals surface area contributed by atoms with Crippen molar-refractivity contribution in [1.82, 2.24) is 15.3 Å². The summed E-state index contributed by atoms with van der Waals surface area (Å²) in [6.07, 6.45) is 1.68. The molecule has 2 aromatic rings. The van der Waals surface area contributed by atoms with Crippen LogP contribution in [0.5, 0.6) is 0 Å². The third-order valence-electron chi connectivity index (χ3n) is 2.50. The number of hydrogen-bond donors (Lipinski definition) is 1. The van der Waals surface area contributed by atoms with Gasteiger partial charge in [0, 0.05) is 11.8 Å². The molecule has 0 aliphatic rings. The van der Waals surface area contributed by atoms with Gasteiger partial charge >= 0.3 is 0 Å². The second kappa shape index (κ2) is 5.99. The minimum absolute atomic E-state index is 0.183. The van der Waals surface area contributed by atoms with Gasteiger partial charge in [-0.05, 0) is 31.2 Å². The van der Waals surface area contributed by atoms with Crippen molar-refractivity contribution in [1.29, 1.82) is 0 Å². The Bertz CT molecular complexity index is 569. The van der Waals surface area contributed by atoms with Crippen LogP contribution in [0.3, 0.4) is 0 Å². The fraction of sp³-hybridized carbons (Fsp3) is 0.154. The molecule has 0 saturated heterocycles. The zero-order valence-corrected chi connectivity index (χ0v) is 11.6. The van der Waals surface area contributed by atoms with Gasteiger partial charge in [0.15, 0.2) is 0 Å². The molecule has 0 bridgehead atoms. The summed E-state index contributed by atoms with van der Waals surface area (Å²) in [6, 6.07) is 8.25. The Labute approximate surface area is 120 Å². The van der Waals surface area contributed by atoms with E-state index in [9.17, 15) is 4.79 Å². The zero-order chi connectivity index (χ0) is 13.8. The van der Waals surface area contributed by atoms with Gasteiger partial charge in [-0.3, -0.25) is 9.78 Å². The molecule has 0 aliphatic carbocycles. The maximum absolute atomic E-state index is 12.0. The van der Waals surface area contributed by atoms with Gasteiger partial charge in [0.05, 0.1) is 11.7 Å². The van der Waals surface area contributed by atoms with Gasteiger partial charge in [-0.25, -0.2) is 4.98 Å². The van der Waals surface area contributed by atoms with Crippen molar-refractivity contribution in [2.75, 3.05) is 0 Å². The van der Waals surface area contributed by atoms with E-state index in [-0.39, 0.29) is 22.3 Å². The number of carbonyl (C=O) groups excluding carboxylic acids is 1. The highest BCUT2D eigenvalue weighted by Gasteiger charge is 2.13. The summed E-state index contributed by atoms with van der Waals surface area (Å²) < 4.78 is 0. The summed E-state index contributed by atoms with van der Waals surface area (Å²) >= 11 is 11.5. The molecule has 19 heavy (non-hydrogen) atoms. The first-order valence-electron chi connectivity index (χ1n) is 5.61. The molecule has 0 radical (unpaired) electrons. The van der Waals surface area contributed by atoms with Gasteiger partial charge in [-0.15, -0.1) is 0 Å². The lowest BCUT2D eigenvalue weighted by Crippen LogP contribution is -2.27. The first-order chi connectivity index (χ1) is 9.06. The molecule has 98 valence electrons. The van der Waals surface area contributed by atoms with Gasteiger partial charge < -0.3 is 5.32 Å². The van der Waals surface area contributed by atoms with Crippen LogP contribution in [0, 0.1) is 0 Å². The van der Waals surface area contributed by atoms with E-state index >= 15 is 0 Å². The Hall–Kier alpha value is -1.65. The van der Waals surface area contributed by atoms with Crippen LogP contribution < -0.4 is 5.32 Å². The predicted molar refractivity (Wildman–Crippen MR) is 74.4 cm³/mol. The first-order valence-corrected chi connectivity index (χ1v) is 6.37. The number of nitrogens with zero attached hydrogens (tertiary/aromatic N) is 2. The van der Waals surface area contributed by atoms with Crippen molar-refractivity contribution in [3.05, 3.63) is 58.1 Å². The third-order valence-corrected chi connectivity index (χ3v) is 2.89. The Morgan fingerprint density at radius 3 is 2.53 bits per heavy atom. The first kappa shape index (κ1) is 13.8. The van der Waals surface area contributed by atoms with E-state index in [1.165, 1.54) is 12.1 Å². The molecular formula is C13H11Cl2N3O. The van der Waals surface area contributed by atoms with Crippen LogP contribution in [0.1, 0.15) is 29.0 Å². The number of nitrogens with one attached hydrogen (secondary N) is 1. The molecular weight excluding hydrogens is 285 g/mol. The second-order valence-corrected chi connectivity index (χ2v) is 4.73. The number of carbonyl (C=O) groups is 1. The smallest absolute Gasteiger partial charge is 0.252 e. The standard InChI is InChI=1S/C13H11Cl2N3O/c1-8(10-4-2-3-5-16-10)17-13(19)9-6-11(14)18-12(15)7-9/h2-8H,1H3,(H,17,19). The average molecular weight is 296 g/mol. The van der Waals surface area contributed by atoms with E-state index in [4.69, 9.17) is 23.2 Å². The molecule has 0 aliphatic heterocycles. The minimum atomic E-state index is -0.274. The Kier molecular flexibility index (Phi) is 4.35. The molecule has 4 nitrogen and oxygen atoms in total. The number of amides is 1. The summed E-state index contributed by atoms with van der Waals surface area (Å²) in [5, 5.41) is 3.19. The quantitative estimate of drug-likeness (QED) is 0.884. The lowest BCUT2D eigenvalue weighted by molar-refractivity contribution is 0.0939. The predicted octanol–water partition coefficient (Wildman–Crippen LogP) is 3.27. The van der Waals surface area contributed by atoms with E-state index in [0.717, 1.165) is 5.69 Å². The van der Waals surface area contributed by atoms with Crippen molar-refractivity contribution >= 4 is 29.1 Å². The van der Waals surface area contributed by atoms with Gasteiger partial charge in [0.2, 0.25) is 0 Å². The summed E-state index contributed by atoms with van der Waals surface area (Å²) in [6.45, 7) is 1.85. The Morgan fingerprint density at radius 1 is 1.26 bits per heavy atom. The van der Waals surface area contributed by atoms with Gasteiger partial charge in [0.25, 0.3) is 5.91 Å². The van der Waals surface area contributed by atoms with Gasteiger partial charge in [-0.2, -0.15) is 0 Å². The number of pyridine rings is 2. The molecule has 1 atom stereocenters. The van der Waals surface area contributed by atoms with Crippen LogP contribution in [0.25, 0.3) is 0 Å². The van der Waals surface area contributed by atoms with E-state index in [1.54, 1.807) is 6.20 Å². The molecule has 0 saturated carbocycles. The number of hydrogen-bond acceptors (Lipinski definition) is 3. The van der Waals surface area contributed by atoms with Crippen molar-refractivity contribution in [2.24, 2.45) is 0 Å². The van der Waals surface area contributed by atoms with Crippen molar-refractivity contribution in [2.45, 2.75) is 13.0 Å². The maximum atomic E-state index is 12.0. The molecule has 2 rings (SSSR count). The third kappa shape index (κ3) is 3.66. The van der Waals surface area contributed by atoms with Crippen molar-refractivity contribution in [3.8, 4) is 0 Å². The molecule has 2 heterocycles. The fourth-order valence-corrected chi connectivity index (χ4v) is 2.04. The SMILES string of the molecule is CC(NC(=O)c1cc(Cl)nc(Cl)c1)c1ccccn1. The largest absolute Gasteiger partial charge is 0.344 e. The number of aromatic nitrogens is 2. The molecule has 0 aromatic carbocycles. The maximum Gasteiger partial charge on any atom is 0.252 e. The van der Waals surface area contributed by atoms with E-state index in [2.05, 4.69) is 15.3 Å². The summed E-state index contributed by atoms with van der Waals surface area (Å²) in [5.74, 6) is -0.274. The Morgan fingerprint density at radius 2 is 1.95 bits per heavy atom. The van der Waals surface area contributed by atoms with E-state index < -0.39 is 0 Å². The molecule has 1 unspecified atom stereocenters. The number of halogens is 2. The highest BCUT2D eigenvalue weighted by molar-refractivity contribution is 6.33. The lowest BCUT2D eigenvalue weighted by Gasteiger charge is -2.13. The van der Waals surface area contributed by atoms with Crippen LogP contribution in [-0.2, 0) is 0 Å². The minimum Gasteiger partial charge on any atom is -0.344 e. The normalized spacial score (nSPS) is 11.9. The topological polar surface area (TPSA) is 54.9 Å². The monoisotopic (exact) mass is 295 g/mol.